The van der Waals surface area contributed by atoms with Crippen molar-refractivity contribution in [3.05, 3.63) is 69.7 Å². The number of aryl methyl sites for hydroxylation is 1. The van der Waals surface area contributed by atoms with Gasteiger partial charge in [-0.15, -0.1) is 0 Å². The summed E-state index contributed by atoms with van der Waals surface area (Å²) in [6, 6.07) is 17.1. The summed E-state index contributed by atoms with van der Waals surface area (Å²) in [4.78, 5) is 0. The van der Waals surface area contributed by atoms with Crippen LogP contribution in [0.5, 0.6) is 0 Å². The van der Waals surface area contributed by atoms with Crippen molar-refractivity contribution in [1.82, 2.24) is 5.32 Å². The van der Waals surface area contributed by atoms with Gasteiger partial charge in [0.2, 0.25) is 0 Å². The van der Waals surface area contributed by atoms with Gasteiger partial charge in [-0.25, -0.2) is 0 Å². The molecule has 0 aliphatic carbocycles. The summed E-state index contributed by atoms with van der Waals surface area (Å²) < 4.78 is 1.17. The summed E-state index contributed by atoms with van der Waals surface area (Å²) in [6.07, 6.45) is 1.10. The van der Waals surface area contributed by atoms with Crippen LogP contribution < -0.4 is 5.32 Å². The van der Waals surface area contributed by atoms with Crippen LogP contribution in [0.1, 0.15) is 23.6 Å². The Bertz CT molecular complexity index is 491. The molecular formula is C16H18BrN. The van der Waals surface area contributed by atoms with E-state index in [4.69, 9.17) is 0 Å². The monoisotopic (exact) mass is 303 g/mol. The van der Waals surface area contributed by atoms with Gasteiger partial charge < -0.3 is 5.32 Å². The molecule has 0 heterocycles. The summed E-state index contributed by atoms with van der Waals surface area (Å²) in [5.74, 6) is 0. The summed E-state index contributed by atoms with van der Waals surface area (Å²) >= 11 is 3.56. The largest absolute Gasteiger partial charge is 0.309 e. The van der Waals surface area contributed by atoms with Crippen LogP contribution in [0.3, 0.4) is 0 Å². The Morgan fingerprint density at radius 1 is 0.889 bits per heavy atom. The van der Waals surface area contributed by atoms with Crippen molar-refractivity contribution < 1.29 is 0 Å². The fourth-order valence-corrected chi connectivity index (χ4v) is 2.30. The van der Waals surface area contributed by atoms with Crippen LogP contribution in [-0.2, 0) is 19.5 Å². The van der Waals surface area contributed by atoms with Crippen LogP contribution in [-0.4, -0.2) is 0 Å². The van der Waals surface area contributed by atoms with Crippen molar-refractivity contribution in [2.45, 2.75) is 26.4 Å². The first-order valence-electron chi connectivity index (χ1n) is 6.31. The van der Waals surface area contributed by atoms with E-state index in [9.17, 15) is 0 Å². The lowest BCUT2D eigenvalue weighted by Gasteiger charge is -2.07. The minimum absolute atomic E-state index is 0.886. The van der Waals surface area contributed by atoms with E-state index in [0.29, 0.717) is 0 Å². The van der Waals surface area contributed by atoms with Gasteiger partial charge in [0.25, 0.3) is 0 Å². The Morgan fingerprint density at radius 3 is 2.22 bits per heavy atom. The highest BCUT2D eigenvalue weighted by atomic mass is 79.9. The van der Waals surface area contributed by atoms with E-state index < -0.39 is 0 Å². The molecule has 0 radical (unpaired) electrons. The topological polar surface area (TPSA) is 12.0 Å². The minimum Gasteiger partial charge on any atom is -0.309 e. The summed E-state index contributed by atoms with van der Waals surface area (Å²) in [5, 5.41) is 3.47. The van der Waals surface area contributed by atoms with Gasteiger partial charge in [0.15, 0.2) is 0 Å². The summed E-state index contributed by atoms with van der Waals surface area (Å²) in [5.41, 5.74) is 4.02. The lowest BCUT2D eigenvalue weighted by atomic mass is 10.1. The fraction of sp³-hybridized carbons (Fsp3) is 0.250. The third-order valence-corrected chi connectivity index (χ3v) is 3.81. The number of rotatable bonds is 5. The molecule has 2 aromatic rings. The number of halogens is 1. The summed E-state index contributed by atoms with van der Waals surface area (Å²) in [6.45, 7) is 3.97. The SMILES string of the molecule is CCc1ccc(CNCc2ccccc2Br)cc1. The molecule has 2 heteroatoms. The molecule has 0 amide bonds. The van der Waals surface area contributed by atoms with Gasteiger partial charge in [0.05, 0.1) is 0 Å². The lowest BCUT2D eigenvalue weighted by Crippen LogP contribution is -2.12. The molecule has 0 aliphatic heterocycles. The van der Waals surface area contributed by atoms with Crippen molar-refractivity contribution in [1.29, 1.82) is 0 Å². The quantitative estimate of drug-likeness (QED) is 0.868. The molecular weight excluding hydrogens is 286 g/mol. The molecule has 0 aromatic heterocycles. The van der Waals surface area contributed by atoms with Crippen molar-refractivity contribution >= 4 is 15.9 Å². The molecule has 94 valence electrons. The average molecular weight is 304 g/mol. The molecule has 2 aromatic carbocycles. The molecule has 1 N–H and O–H groups in total. The van der Waals surface area contributed by atoms with E-state index in [2.05, 4.69) is 70.6 Å². The summed E-state index contributed by atoms with van der Waals surface area (Å²) in [7, 11) is 0. The fourth-order valence-electron chi connectivity index (χ4n) is 1.88. The number of hydrogen-bond donors (Lipinski definition) is 1. The van der Waals surface area contributed by atoms with Crippen LogP contribution >= 0.6 is 15.9 Å². The molecule has 0 atom stereocenters. The van der Waals surface area contributed by atoms with Crippen LogP contribution in [0, 0.1) is 0 Å². The second kappa shape index (κ2) is 6.72. The van der Waals surface area contributed by atoms with Gasteiger partial charge in [-0.05, 0) is 29.2 Å². The first-order valence-corrected chi connectivity index (χ1v) is 7.11. The van der Waals surface area contributed by atoms with Gasteiger partial charge in [0.1, 0.15) is 0 Å². The molecule has 0 aliphatic rings. The third kappa shape index (κ3) is 3.69. The minimum atomic E-state index is 0.886. The number of benzene rings is 2. The molecule has 0 fully saturated rings. The Balaban J connectivity index is 1.86. The predicted octanol–water partition coefficient (Wildman–Crippen LogP) is 4.30. The average Bonchev–Trinajstić information content (AvgIpc) is 2.42. The van der Waals surface area contributed by atoms with E-state index in [1.54, 1.807) is 0 Å². The molecule has 1 nitrogen and oxygen atoms in total. The van der Waals surface area contributed by atoms with Gasteiger partial charge in [0, 0.05) is 17.6 Å². The highest BCUT2D eigenvalue weighted by Crippen LogP contribution is 2.15. The molecule has 0 saturated heterocycles. The normalized spacial score (nSPS) is 10.6. The van der Waals surface area contributed by atoms with Gasteiger partial charge in [-0.2, -0.15) is 0 Å². The standard InChI is InChI=1S/C16H18BrN/c1-2-13-7-9-14(10-8-13)11-18-12-15-5-3-4-6-16(15)17/h3-10,18H,2,11-12H2,1H3. The molecule has 18 heavy (non-hydrogen) atoms. The molecule has 0 saturated carbocycles. The maximum atomic E-state index is 3.56. The lowest BCUT2D eigenvalue weighted by molar-refractivity contribution is 0.691. The van der Waals surface area contributed by atoms with Gasteiger partial charge in [-0.1, -0.05) is 65.3 Å². The van der Waals surface area contributed by atoms with Crippen LogP contribution in [0.25, 0.3) is 0 Å². The van der Waals surface area contributed by atoms with Crippen LogP contribution in [0.15, 0.2) is 53.0 Å². The zero-order valence-corrected chi connectivity index (χ0v) is 12.2. The van der Waals surface area contributed by atoms with Crippen LogP contribution in [0.2, 0.25) is 0 Å². The molecule has 0 bridgehead atoms. The number of hydrogen-bond acceptors (Lipinski definition) is 1. The van der Waals surface area contributed by atoms with E-state index in [1.807, 2.05) is 6.07 Å². The Morgan fingerprint density at radius 2 is 1.56 bits per heavy atom. The van der Waals surface area contributed by atoms with Crippen molar-refractivity contribution in [2.24, 2.45) is 0 Å². The van der Waals surface area contributed by atoms with E-state index >= 15 is 0 Å². The Kier molecular flexibility index (Phi) is 4.97. The van der Waals surface area contributed by atoms with Crippen LogP contribution in [0.4, 0.5) is 0 Å². The highest BCUT2D eigenvalue weighted by molar-refractivity contribution is 9.10. The molecule has 0 unspecified atom stereocenters. The smallest absolute Gasteiger partial charge is 0.0220 e. The van der Waals surface area contributed by atoms with E-state index in [-0.39, 0.29) is 0 Å². The van der Waals surface area contributed by atoms with E-state index in [0.717, 1.165) is 19.5 Å². The van der Waals surface area contributed by atoms with Crippen molar-refractivity contribution in [3.8, 4) is 0 Å². The zero-order chi connectivity index (χ0) is 12.8. The molecule has 2 rings (SSSR count). The Labute approximate surface area is 117 Å². The Hall–Kier alpha value is -1.12. The highest BCUT2D eigenvalue weighted by Gasteiger charge is 1.98. The first kappa shape index (κ1) is 13.3. The second-order valence-corrected chi connectivity index (χ2v) is 5.22. The maximum absolute atomic E-state index is 3.56. The van der Waals surface area contributed by atoms with E-state index in [1.165, 1.54) is 21.2 Å². The van der Waals surface area contributed by atoms with Gasteiger partial charge >= 0.3 is 0 Å². The zero-order valence-electron chi connectivity index (χ0n) is 10.6. The number of nitrogens with one attached hydrogen (secondary N) is 1. The predicted molar refractivity (Wildman–Crippen MR) is 80.5 cm³/mol. The van der Waals surface area contributed by atoms with Crippen molar-refractivity contribution in [2.75, 3.05) is 0 Å². The van der Waals surface area contributed by atoms with Crippen molar-refractivity contribution in [3.63, 3.8) is 0 Å². The maximum Gasteiger partial charge on any atom is 0.0220 e. The second-order valence-electron chi connectivity index (χ2n) is 4.37. The molecule has 0 spiro atoms. The third-order valence-electron chi connectivity index (χ3n) is 3.03. The first-order chi connectivity index (χ1) is 8.79. The van der Waals surface area contributed by atoms with Gasteiger partial charge in [-0.3, -0.25) is 0 Å².